The summed E-state index contributed by atoms with van der Waals surface area (Å²) in [4.78, 5) is 84.6. The number of halogens is 4. The molecule has 0 fully saturated rings. The highest BCUT2D eigenvalue weighted by atomic mass is 19.1. The minimum atomic E-state index is -0.298. The lowest BCUT2D eigenvalue weighted by atomic mass is 10.1. The van der Waals surface area contributed by atoms with Gasteiger partial charge in [-0.3, -0.25) is 15.0 Å². The molecular weight excluding hydrogens is 1680 g/mol. The lowest BCUT2D eigenvalue weighted by molar-refractivity contribution is 0.246. The molecule has 132 heavy (non-hydrogen) atoms. The first-order valence-corrected chi connectivity index (χ1v) is 43.7. The molecule has 0 amide bonds. The van der Waals surface area contributed by atoms with E-state index in [-0.39, 0.29) is 53.4 Å². The minimum absolute atomic E-state index is 0.0369. The van der Waals surface area contributed by atoms with Gasteiger partial charge in [0.15, 0.2) is 0 Å². The Morgan fingerprint density at radius 2 is 0.697 bits per heavy atom. The van der Waals surface area contributed by atoms with Crippen LogP contribution in [-0.2, 0) is 25.7 Å². The monoisotopic (exact) mass is 1770 g/mol. The van der Waals surface area contributed by atoms with E-state index in [0.29, 0.717) is 73.5 Å². The second-order valence-corrected chi connectivity index (χ2v) is 31.4. The van der Waals surface area contributed by atoms with Gasteiger partial charge in [0, 0.05) is 142 Å². The highest BCUT2D eigenvalue weighted by Crippen LogP contribution is 2.45. The van der Waals surface area contributed by atoms with Gasteiger partial charge in [0.05, 0.1) is 111 Å². The third kappa shape index (κ3) is 19.7. The number of hydrogen-bond acceptors (Lipinski definition) is 27. The van der Waals surface area contributed by atoms with Crippen LogP contribution < -0.4 is 40.6 Å². The molecule has 12 aromatic heterocycles. The van der Waals surface area contributed by atoms with Crippen molar-refractivity contribution in [2.45, 2.75) is 109 Å². The van der Waals surface area contributed by atoms with Crippen molar-refractivity contribution in [1.29, 1.82) is 0 Å². The van der Waals surface area contributed by atoms with Crippen molar-refractivity contribution in [3.63, 3.8) is 0 Å². The molecule has 4 atom stereocenters. The summed E-state index contributed by atoms with van der Waals surface area (Å²) in [6, 6.07) is 43.2. The summed E-state index contributed by atoms with van der Waals surface area (Å²) >= 11 is 0. The van der Waals surface area contributed by atoms with Gasteiger partial charge in [-0.05, 0) is 177 Å². The topological polar surface area (TPSA) is 364 Å². The van der Waals surface area contributed by atoms with Crippen LogP contribution in [0.15, 0.2) is 238 Å². The Morgan fingerprint density at radius 3 is 1.06 bits per heavy atom. The Kier molecular flexibility index (Phi) is 26.7. The molecule has 16 heterocycles. The lowest BCUT2D eigenvalue weighted by Crippen LogP contribution is -2.16. The average Bonchev–Trinajstić information content (AvgIpc) is 1.61. The normalized spacial score (nSPS) is 14.8. The molecule has 31 nitrogen and oxygen atoms in total. The molecule has 17 aromatic rings. The SMILES string of the molecule is CCCCNc1nccc(-c2c(-c3ccc(F)cc3)nc3n2C(COc2nccc4ccccc24)CC3)n1.CCCNc1nccc(-c2c(-c3ccc(F)cc3)nc3n2C(COc2cnccn2)CC3)n1.CNc1nccc(-c2c(-c3ccc(F)cc3)nc3n2C(COc2cnccn2)CC3)n1.Nc1nccc(-c2c(-c3ccc(F)cc3)nc3n2C(COc2cnccn2)CC3)n1. The molecule has 4 aliphatic rings. The van der Waals surface area contributed by atoms with Crippen molar-refractivity contribution in [1.82, 2.24) is 113 Å². The number of imidazole rings is 4. The van der Waals surface area contributed by atoms with E-state index >= 15 is 0 Å². The number of ether oxygens (including phenoxy) is 4. The van der Waals surface area contributed by atoms with Crippen LogP contribution in [0.25, 0.3) is 101 Å². The first-order chi connectivity index (χ1) is 64.8. The molecule has 0 saturated carbocycles. The Bertz CT molecular complexity index is 6780. The number of benzene rings is 5. The van der Waals surface area contributed by atoms with E-state index in [0.717, 1.165) is 203 Å². The molecule has 5 aromatic carbocycles. The van der Waals surface area contributed by atoms with E-state index < -0.39 is 0 Å². The van der Waals surface area contributed by atoms with Crippen LogP contribution in [-0.4, -0.2) is 160 Å². The molecule has 0 bridgehead atoms. The smallest absolute Gasteiger partial charge is 0.232 e. The number of rotatable bonds is 28. The van der Waals surface area contributed by atoms with Crippen molar-refractivity contribution >= 4 is 34.6 Å². The summed E-state index contributed by atoms with van der Waals surface area (Å²) in [5, 5.41) is 11.6. The summed E-state index contributed by atoms with van der Waals surface area (Å²) in [5.74, 6) is 6.58. The van der Waals surface area contributed by atoms with Gasteiger partial charge < -0.3 is 58.9 Å². The number of aryl methyl sites for hydroxylation is 4. The van der Waals surface area contributed by atoms with Crippen LogP contribution in [0.4, 0.5) is 41.4 Å². The number of nitrogens with two attached hydrogens (primary N) is 1. The molecule has 35 heteroatoms. The molecule has 0 spiro atoms. The van der Waals surface area contributed by atoms with Crippen LogP contribution >= 0.6 is 0 Å². The highest BCUT2D eigenvalue weighted by molar-refractivity contribution is 5.87. The van der Waals surface area contributed by atoms with Crippen LogP contribution in [0.1, 0.15) is 106 Å². The Labute approximate surface area is 756 Å². The summed E-state index contributed by atoms with van der Waals surface area (Å²) < 4.78 is 87.1. The predicted octanol–water partition coefficient (Wildman–Crippen LogP) is 17.4. The molecular formula is C97H91F4N27O4. The largest absolute Gasteiger partial charge is 0.475 e. The van der Waals surface area contributed by atoms with Gasteiger partial charge >= 0.3 is 0 Å². The maximum atomic E-state index is 13.7. The van der Waals surface area contributed by atoms with Crippen molar-refractivity contribution in [2.75, 3.05) is 68.2 Å². The summed E-state index contributed by atoms with van der Waals surface area (Å²) in [6.07, 6.45) is 32.9. The Morgan fingerprint density at radius 1 is 0.348 bits per heavy atom. The van der Waals surface area contributed by atoms with E-state index in [1.807, 2.05) is 42.5 Å². The zero-order valence-electron chi connectivity index (χ0n) is 72.4. The quantitative estimate of drug-likeness (QED) is 0.0261. The summed E-state index contributed by atoms with van der Waals surface area (Å²) in [7, 11) is 1.78. The van der Waals surface area contributed by atoms with E-state index in [1.54, 1.807) is 148 Å². The molecule has 4 unspecified atom stereocenters. The van der Waals surface area contributed by atoms with Gasteiger partial charge in [-0.15, -0.1) is 0 Å². The maximum Gasteiger partial charge on any atom is 0.232 e. The third-order valence-electron chi connectivity index (χ3n) is 22.8. The van der Waals surface area contributed by atoms with Gasteiger partial charge in [-0.25, -0.2) is 97.3 Å². The fourth-order valence-corrected chi connectivity index (χ4v) is 16.6. The van der Waals surface area contributed by atoms with Gasteiger partial charge in [-0.1, -0.05) is 38.5 Å². The first-order valence-electron chi connectivity index (χ1n) is 43.7. The number of hydrogen-bond donors (Lipinski definition) is 4. The minimum Gasteiger partial charge on any atom is -0.475 e. The molecule has 0 radical (unpaired) electrons. The molecule has 0 saturated heterocycles. The number of unbranched alkanes of at least 4 members (excludes halogenated alkanes) is 1. The molecule has 666 valence electrons. The number of anilines is 4. The Hall–Kier alpha value is -16.0. The Balaban J connectivity index is 0.000000118. The van der Waals surface area contributed by atoms with Gasteiger partial charge in [0.2, 0.25) is 47.3 Å². The lowest BCUT2D eigenvalue weighted by Gasteiger charge is -2.18. The third-order valence-corrected chi connectivity index (χ3v) is 22.8. The second kappa shape index (κ2) is 40.6. The number of fused-ring (bicyclic) bond motifs is 5. The fraction of sp³-hybridized carbons (Fsp3) is 0.247. The highest BCUT2D eigenvalue weighted by Gasteiger charge is 2.37. The summed E-state index contributed by atoms with van der Waals surface area (Å²) in [6.45, 7) is 7.57. The van der Waals surface area contributed by atoms with Gasteiger partial charge in [0.1, 0.15) is 73.0 Å². The van der Waals surface area contributed by atoms with Crippen molar-refractivity contribution in [2.24, 2.45) is 0 Å². The van der Waals surface area contributed by atoms with Crippen molar-refractivity contribution < 1.29 is 36.5 Å². The van der Waals surface area contributed by atoms with E-state index in [2.05, 4.69) is 119 Å². The number of nitrogens with one attached hydrogen (secondary N) is 3. The van der Waals surface area contributed by atoms with E-state index in [1.165, 1.54) is 48.5 Å². The van der Waals surface area contributed by atoms with Crippen molar-refractivity contribution in [3.05, 3.63) is 285 Å². The van der Waals surface area contributed by atoms with Crippen LogP contribution in [0.2, 0.25) is 0 Å². The van der Waals surface area contributed by atoms with E-state index in [9.17, 15) is 17.6 Å². The number of pyridine rings is 1. The number of aromatic nitrogens is 23. The molecule has 0 aliphatic carbocycles. The van der Waals surface area contributed by atoms with Gasteiger partial charge in [0.25, 0.3) is 0 Å². The van der Waals surface area contributed by atoms with E-state index in [4.69, 9.17) is 54.6 Å². The second-order valence-electron chi connectivity index (χ2n) is 31.4. The van der Waals surface area contributed by atoms with Crippen LogP contribution in [0.5, 0.6) is 23.5 Å². The standard InChI is InChI=1S/C30H29FN6O.C24H24FN7O.C22H20FN7O.C21H18FN7O/c1-2-3-16-33-30-34-18-15-25(35-30)28-27(21-8-10-22(31)11-9-21)36-26-13-12-23(37(26)28)19-38-29-24-7-5-4-6-20(24)14-17-32-29;1-2-10-28-24-29-11-9-19(30-24)23-22(16-3-5-17(25)6-4-16)31-20-8-7-18(32(20)23)15-33-21-14-26-12-13-27-21;1-24-22-27-9-8-17(28-22)21-20(14-2-4-15(23)5-3-14)29-18-7-6-16(30(18)21)13-31-19-12-25-10-11-26-19;22-14-3-1-13(2-4-14)19-20(16-7-8-26-21(23)27-16)29-15(5-6-17(29)28-19)12-30-18-11-24-9-10-25-18/h4-11,14-15,17-18,23H,2-3,12-13,16,19H2,1H3,(H,33,34,35);3-6,9,11-14,18H,2,7-8,10,15H2,1H3,(H,28,29,30);2-5,8-12,16H,6-7,13H2,1H3,(H,24,27,28);1-4,7-11,15H,5-6,12H2,(H2,23,26,27). The molecule has 4 aliphatic heterocycles. The zero-order chi connectivity index (χ0) is 90.2. The van der Waals surface area contributed by atoms with Crippen LogP contribution in [0, 0.1) is 23.3 Å². The van der Waals surface area contributed by atoms with Gasteiger partial charge in [-0.2, -0.15) is 0 Å². The van der Waals surface area contributed by atoms with Crippen LogP contribution in [0.3, 0.4) is 0 Å². The predicted molar refractivity (Wildman–Crippen MR) is 490 cm³/mol. The van der Waals surface area contributed by atoms with Crippen molar-refractivity contribution in [3.8, 4) is 114 Å². The maximum absolute atomic E-state index is 13.7. The molecule has 21 rings (SSSR count). The average molecular weight is 1770 g/mol. The fourth-order valence-electron chi connectivity index (χ4n) is 16.6. The number of nitrogens with zero attached hydrogens (tertiary/aromatic N) is 23. The number of nitrogen functional groups attached to an aromatic ring is 1. The zero-order valence-corrected chi connectivity index (χ0v) is 72.4. The molecule has 5 N–H and O–H groups in total. The summed E-state index contributed by atoms with van der Waals surface area (Å²) in [5.41, 5.74) is 18.6. The first kappa shape index (κ1) is 86.8.